The number of nitrogens with zero attached hydrogens (tertiary/aromatic N) is 6. The molecule has 0 saturated carbocycles. The van der Waals surface area contributed by atoms with E-state index in [-0.39, 0.29) is 12.5 Å². The standard InChI is InChI=1S/C16H19N7O2/c1-25-14(24)9-23-16-12(8-20-23)15(17-10-18-16)22-6-3-11(4-7-22)13-2-5-19-21-13/h2,5,8,10-11H,3-4,6-7,9H2,1H3,(H,19,21). The van der Waals surface area contributed by atoms with Crippen molar-refractivity contribution in [3.05, 3.63) is 30.5 Å². The van der Waals surface area contributed by atoms with Crippen molar-refractivity contribution < 1.29 is 9.53 Å². The van der Waals surface area contributed by atoms with Gasteiger partial charge in [-0.15, -0.1) is 0 Å². The number of carbonyl (C=O) groups excluding carboxylic acids is 1. The summed E-state index contributed by atoms with van der Waals surface area (Å²) in [6.45, 7) is 1.84. The molecule has 3 aromatic heterocycles. The Labute approximate surface area is 144 Å². The van der Waals surface area contributed by atoms with Crippen molar-refractivity contribution in [2.45, 2.75) is 25.3 Å². The van der Waals surface area contributed by atoms with Crippen LogP contribution in [0.3, 0.4) is 0 Å². The maximum atomic E-state index is 11.5. The molecule has 25 heavy (non-hydrogen) atoms. The number of hydrogen-bond acceptors (Lipinski definition) is 7. The summed E-state index contributed by atoms with van der Waals surface area (Å²) in [6.07, 6.45) is 7.10. The smallest absolute Gasteiger partial charge is 0.327 e. The second-order valence-corrected chi connectivity index (χ2v) is 6.09. The van der Waals surface area contributed by atoms with Gasteiger partial charge in [-0.25, -0.2) is 14.6 Å². The lowest BCUT2D eigenvalue weighted by molar-refractivity contribution is -0.141. The van der Waals surface area contributed by atoms with Gasteiger partial charge in [0.05, 0.1) is 18.7 Å². The molecule has 4 heterocycles. The van der Waals surface area contributed by atoms with Crippen LogP contribution < -0.4 is 4.90 Å². The Morgan fingerprint density at radius 2 is 2.20 bits per heavy atom. The summed E-state index contributed by atoms with van der Waals surface area (Å²) in [5.41, 5.74) is 1.84. The van der Waals surface area contributed by atoms with Gasteiger partial charge < -0.3 is 9.64 Å². The molecule has 0 atom stereocenters. The molecule has 0 radical (unpaired) electrons. The van der Waals surface area contributed by atoms with Crippen molar-refractivity contribution in [3.63, 3.8) is 0 Å². The van der Waals surface area contributed by atoms with E-state index in [2.05, 4.69) is 30.2 Å². The van der Waals surface area contributed by atoms with E-state index in [1.165, 1.54) is 19.1 Å². The molecule has 4 rings (SSSR count). The van der Waals surface area contributed by atoms with E-state index in [1.807, 2.05) is 6.07 Å². The van der Waals surface area contributed by atoms with Crippen LogP contribution in [0.4, 0.5) is 5.82 Å². The molecule has 0 aliphatic carbocycles. The summed E-state index contributed by atoms with van der Waals surface area (Å²) in [5, 5.41) is 12.2. The van der Waals surface area contributed by atoms with E-state index in [9.17, 15) is 4.79 Å². The number of aromatic amines is 1. The summed E-state index contributed by atoms with van der Waals surface area (Å²) >= 11 is 0. The first kappa shape index (κ1) is 15.6. The summed E-state index contributed by atoms with van der Waals surface area (Å²) < 4.78 is 6.25. The zero-order valence-corrected chi connectivity index (χ0v) is 13.9. The number of anilines is 1. The Bertz CT molecular complexity index is 866. The largest absolute Gasteiger partial charge is 0.468 e. The van der Waals surface area contributed by atoms with E-state index in [4.69, 9.17) is 4.74 Å². The average Bonchev–Trinajstić information content (AvgIpc) is 3.32. The van der Waals surface area contributed by atoms with Crippen molar-refractivity contribution >= 4 is 22.8 Å². The molecular weight excluding hydrogens is 322 g/mol. The molecule has 130 valence electrons. The first-order valence-electron chi connectivity index (χ1n) is 8.24. The molecule has 9 heteroatoms. The van der Waals surface area contributed by atoms with Gasteiger partial charge in [0.1, 0.15) is 18.7 Å². The summed E-state index contributed by atoms with van der Waals surface area (Å²) in [5.74, 6) is 1.01. The molecule has 1 fully saturated rings. The highest BCUT2D eigenvalue weighted by atomic mass is 16.5. The van der Waals surface area contributed by atoms with E-state index in [0.29, 0.717) is 11.6 Å². The maximum absolute atomic E-state index is 11.5. The highest BCUT2D eigenvalue weighted by Crippen LogP contribution is 2.31. The Hall–Kier alpha value is -2.97. The lowest BCUT2D eigenvalue weighted by Crippen LogP contribution is -2.33. The normalized spacial score (nSPS) is 15.6. The van der Waals surface area contributed by atoms with E-state index in [0.717, 1.165) is 37.1 Å². The highest BCUT2D eigenvalue weighted by Gasteiger charge is 2.24. The molecule has 1 aliphatic heterocycles. The molecule has 9 nitrogen and oxygen atoms in total. The number of H-pyrrole nitrogens is 1. The summed E-state index contributed by atoms with van der Waals surface area (Å²) in [7, 11) is 1.36. The topological polar surface area (TPSA) is 102 Å². The van der Waals surface area contributed by atoms with Crippen LogP contribution in [-0.4, -0.2) is 56.1 Å². The Morgan fingerprint density at radius 1 is 1.36 bits per heavy atom. The van der Waals surface area contributed by atoms with Gasteiger partial charge in [-0.1, -0.05) is 0 Å². The minimum atomic E-state index is -0.356. The fourth-order valence-corrected chi connectivity index (χ4v) is 3.33. The van der Waals surface area contributed by atoms with Crippen LogP contribution in [0.2, 0.25) is 0 Å². The van der Waals surface area contributed by atoms with Crippen LogP contribution in [0.25, 0.3) is 11.0 Å². The molecule has 1 N–H and O–H groups in total. The number of methoxy groups -OCH3 is 1. The lowest BCUT2D eigenvalue weighted by Gasteiger charge is -2.32. The first-order chi connectivity index (χ1) is 12.3. The number of ether oxygens (including phenoxy) is 1. The zero-order valence-electron chi connectivity index (χ0n) is 13.9. The molecule has 0 aromatic carbocycles. The van der Waals surface area contributed by atoms with Gasteiger partial charge in [0.2, 0.25) is 0 Å². The zero-order chi connectivity index (χ0) is 17.2. The first-order valence-corrected chi connectivity index (χ1v) is 8.24. The van der Waals surface area contributed by atoms with Gasteiger partial charge in [-0.3, -0.25) is 9.89 Å². The van der Waals surface area contributed by atoms with Crippen LogP contribution in [0.15, 0.2) is 24.8 Å². The third-order valence-corrected chi connectivity index (χ3v) is 4.68. The number of piperidine rings is 1. The minimum Gasteiger partial charge on any atom is -0.468 e. The molecule has 3 aromatic rings. The Balaban J connectivity index is 1.55. The average molecular weight is 341 g/mol. The lowest BCUT2D eigenvalue weighted by atomic mass is 9.93. The third-order valence-electron chi connectivity index (χ3n) is 4.68. The van der Waals surface area contributed by atoms with Crippen LogP contribution in [0.5, 0.6) is 0 Å². The predicted octanol–water partition coefficient (Wildman–Crippen LogP) is 1.11. The summed E-state index contributed by atoms with van der Waals surface area (Å²) in [4.78, 5) is 22.5. The van der Waals surface area contributed by atoms with Gasteiger partial charge in [0, 0.05) is 30.9 Å². The fraction of sp³-hybridized carbons (Fsp3) is 0.438. The van der Waals surface area contributed by atoms with Crippen molar-refractivity contribution in [1.82, 2.24) is 29.9 Å². The molecule has 0 unspecified atom stereocenters. The van der Waals surface area contributed by atoms with E-state index >= 15 is 0 Å². The quantitative estimate of drug-likeness (QED) is 0.709. The van der Waals surface area contributed by atoms with Crippen molar-refractivity contribution in [2.75, 3.05) is 25.1 Å². The number of aromatic nitrogens is 6. The third kappa shape index (κ3) is 2.92. The highest BCUT2D eigenvalue weighted by molar-refractivity contribution is 5.87. The van der Waals surface area contributed by atoms with Gasteiger partial charge in [-0.2, -0.15) is 10.2 Å². The molecule has 1 aliphatic rings. The van der Waals surface area contributed by atoms with Crippen molar-refractivity contribution in [3.8, 4) is 0 Å². The Kier molecular flexibility index (Phi) is 4.04. The van der Waals surface area contributed by atoms with Gasteiger partial charge in [0.25, 0.3) is 0 Å². The second kappa shape index (κ2) is 6.50. The number of nitrogens with one attached hydrogen (secondary N) is 1. The van der Waals surface area contributed by atoms with Gasteiger partial charge in [-0.05, 0) is 18.9 Å². The van der Waals surface area contributed by atoms with E-state index < -0.39 is 0 Å². The minimum absolute atomic E-state index is 0.0400. The monoisotopic (exact) mass is 341 g/mol. The molecule has 1 saturated heterocycles. The number of carbonyl (C=O) groups is 1. The van der Waals surface area contributed by atoms with Crippen LogP contribution in [0.1, 0.15) is 24.5 Å². The SMILES string of the molecule is COC(=O)Cn1ncc2c(N3CCC(c4ccn[nH]4)CC3)ncnc21. The Morgan fingerprint density at radius 3 is 2.92 bits per heavy atom. The van der Waals surface area contributed by atoms with Gasteiger partial charge in [0.15, 0.2) is 5.65 Å². The van der Waals surface area contributed by atoms with Crippen LogP contribution in [0, 0.1) is 0 Å². The predicted molar refractivity (Wildman–Crippen MR) is 90.1 cm³/mol. The molecule has 0 spiro atoms. The van der Waals surface area contributed by atoms with Crippen molar-refractivity contribution in [2.24, 2.45) is 0 Å². The molecule has 0 bridgehead atoms. The van der Waals surface area contributed by atoms with Crippen LogP contribution in [-0.2, 0) is 16.1 Å². The summed E-state index contributed by atoms with van der Waals surface area (Å²) in [6, 6.07) is 2.04. The fourth-order valence-electron chi connectivity index (χ4n) is 3.33. The van der Waals surface area contributed by atoms with Crippen LogP contribution >= 0.6 is 0 Å². The van der Waals surface area contributed by atoms with E-state index in [1.54, 1.807) is 17.1 Å². The maximum Gasteiger partial charge on any atom is 0.327 e. The number of rotatable bonds is 4. The second-order valence-electron chi connectivity index (χ2n) is 6.09. The van der Waals surface area contributed by atoms with Gasteiger partial charge >= 0.3 is 5.97 Å². The molecular formula is C16H19N7O2. The number of fused-ring (bicyclic) bond motifs is 1. The van der Waals surface area contributed by atoms with Crippen molar-refractivity contribution in [1.29, 1.82) is 0 Å². The molecule has 0 amide bonds. The number of esters is 1. The number of hydrogen-bond donors (Lipinski definition) is 1.